The Balaban J connectivity index is 1.69. The molecular formula is C16H26N2O2S. The van der Waals surface area contributed by atoms with Crippen LogP contribution < -0.4 is 10.6 Å². The van der Waals surface area contributed by atoms with E-state index in [-0.39, 0.29) is 24.7 Å². The maximum atomic E-state index is 12.0. The molecule has 2 amide bonds. The first-order valence-corrected chi connectivity index (χ1v) is 8.61. The summed E-state index contributed by atoms with van der Waals surface area (Å²) in [5.74, 6) is 0.423. The fourth-order valence-electron chi connectivity index (χ4n) is 2.89. The highest BCUT2D eigenvalue weighted by atomic mass is 32.1. The second-order valence-electron chi connectivity index (χ2n) is 6.14. The molecule has 1 aromatic rings. The molecule has 1 aromatic heterocycles. The van der Waals surface area contributed by atoms with Crippen LogP contribution in [-0.2, 0) is 6.42 Å². The van der Waals surface area contributed by atoms with Crippen LogP contribution in [0.5, 0.6) is 0 Å². The number of aliphatic hydroxyl groups excluding tert-OH is 1. The van der Waals surface area contributed by atoms with Gasteiger partial charge in [-0.25, -0.2) is 4.79 Å². The van der Waals surface area contributed by atoms with Gasteiger partial charge in [0.2, 0.25) is 0 Å². The highest BCUT2D eigenvalue weighted by Gasteiger charge is 2.22. The summed E-state index contributed by atoms with van der Waals surface area (Å²) in [5.41, 5.74) is 0. The van der Waals surface area contributed by atoms with Gasteiger partial charge in [0.15, 0.2) is 0 Å². The quantitative estimate of drug-likeness (QED) is 0.783. The first-order valence-electron chi connectivity index (χ1n) is 7.80. The molecule has 1 aliphatic rings. The molecule has 1 atom stereocenters. The third kappa shape index (κ3) is 5.32. The zero-order valence-electron chi connectivity index (χ0n) is 12.9. The van der Waals surface area contributed by atoms with Crippen LogP contribution in [0.1, 0.15) is 42.4 Å². The Morgan fingerprint density at radius 2 is 2.10 bits per heavy atom. The van der Waals surface area contributed by atoms with E-state index in [1.54, 1.807) is 11.3 Å². The number of hydrogen-bond donors (Lipinski definition) is 3. The molecule has 3 N–H and O–H groups in total. The minimum absolute atomic E-state index is 0.0665. The van der Waals surface area contributed by atoms with E-state index in [2.05, 4.69) is 29.7 Å². The largest absolute Gasteiger partial charge is 0.396 e. The summed E-state index contributed by atoms with van der Waals surface area (Å²) in [5, 5.41) is 15.2. The number of hydrogen-bond acceptors (Lipinski definition) is 3. The van der Waals surface area contributed by atoms with Crippen molar-refractivity contribution in [2.75, 3.05) is 6.61 Å². The van der Waals surface area contributed by atoms with Gasteiger partial charge in [0.25, 0.3) is 0 Å². The van der Waals surface area contributed by atoms with Crippen molar-refractivity contribution in [2.45, 2.75) is 58.0 Å². The van der Waals surface area contributed by atoms with Crippen molar-refractivity contribution < 1.29 is 9.90 Å². The average molecular weight is 310 g/mol. The van der Waals surface area contributed by atoms with E-state index in [4.69, 9.17) is 5.11 Å². The smallest absolute Gasteiger partial charge is 0.315 e. The van der Waals surface area contributed by atoms with Crippen LogP contribution in [0.2, 0.25) is 0 Å². The van der Waals surface area contributed by atoms with E-state index >= 15 is 0 Å². The van der Waals surface area contributed by atoms with Gasteiger partial charge >= 0.3 is 6.03 Å². The van der Waals surface area contributed by atoms with Crippen LogP contribution in [0.4, 0.5) is 4.79 Å². The summed E-state index contributed by atoms with van der Waals surface area (Å²) in [6, 6.07) is 4.57. The van der Waals surface area contributed by atoms with Gasteiger partial charge in [0, 0.05) is 34.9 Å². The molecule has 1 fully saturated rings. The van der Waals surface area contributed by atoms with E-state index in [1.165, 1.54) is 9.75 Å². The summed E-state index contributed by atoms with van der Waals surface area (Å²) in [7, 11) is 0. The first kappa shape index (κ1) is 16.3. The zero-order chi connectivity index (χ0) is 15.2. The molecule has 1 aliphatic carbocycles. The fraction of sp³-hybridized carbons (Fsp3) is 0.688. The van der Waals surface area contributed by atoms with Gasteiger partial charge in [-0.15, -0.1) is 11.3 Å². The Hall–Kier alpha value is -1.07. The van der Waals surface area contributed by atoms with E-state index in [0.717, 1.165) is 32.1 Å². The number of aryl methyl sites for hydroxylation is 1. The molecule has 1 unspecified atom stereocenters. The molecular weight excluding hydrogens is 284 g/mol. The van der Waals surface area contributed by atoms with Gasteiger partial charge in [-0.05, 0) is 57.6 Å². The molecule has 0 aromatic carbocycles. The van der Waals surface area contributed by atoms with Crippen molar-refractivity contribution in [1.29, 1.82) is 0 Å². The topological polar surface area (TPSA) is 61.4 Å². The van der Waals surface area contributed by atoms with Crippen LogP contribution in [0.25, 0.3) is 0 Å². The van der Waals surface area contributed by atoms with Crippen LogP contribution in [-0.4, -0.2) is 29.8 Å². The van der Waals surface area contributed by atoms with Gasteiger partial charge in [0.05, 0.1) is 0 Å². The third-order valence-electron chi connectivity index (χ3n) is 4.12. The number of carbonyl (C=O) groups is 1. The van der Waals surface area contributed by atoms with Crippen molar-refractivity contribution in [3.05, 3.63) is 21.9 Å². The van der Waals surface area contributed by atoms with Crippen molar-refractivity contribution in [2.24, 2.45) is 5.92 Å². The molecule has 5 heteroatoms. The van der Waals surface area contributed by atoms with Crippen molar-refractivity contribution in [3.63, 3.8) is 0 Å². The third-order valence-corrected chi connectivity index (χ3v) is 5.14. The molecule has 0 saturated heterocycles. The van der Waals surface area contributed by atoms with Crippen molar-refractivity contribution >= 4 is 17.4 Å². The Morgan fingerprint density at radius 1 is 1.38 bits per heavy atom. The van der Waals surface area contributed by atoms with Gasteiger partial charge in [-0.1, -0.05) is 0 Å². The molecule has 0 bridgehead atoms. The molecule has 2 rings (SSSR count). The number of carbonyl (C=O) groups excluding carboxylic acids is 1. The summed E-state index contributed by atoms with van der Waals surface area (Å²) in [4.78, 5) is 14.6. The van der Waals surface area contributed by atoms with E-state index in [0.29, 0.717) is 5.92 Å². The second kappa shape index (κ2) is 7.80. The Kier molecular flexibility index (Phi) is 6.06. The Bertz CT molecular complexity index is 453. The number of nitrogens with one attached hydrogen (secondary N) is 2. The number of amides is 2. The molecule has 21 heavy (non-hydrogen) atoms. The molecule has 1 saturated carbocycles. The molecule has 0 spiro atoms. The van der Waals surface area contributed by atoms with Gasteiger partial charge in [0.1, 0.15) is 0 Å². The lowest BCUT2D eigenvalue weighted by molar-refractivity contribution is 0.174. The minimum Gasteiger partial charge on any atom is -0.396 e. The standard InChI is InChI=1S/C16H26N2O2S/c1-11(9-15-8-3-12(2)21-15)17-16(20)18-14-6-4-13(10-19)5-7-14/h3,8,11,13-14,19H,4-7,9-10H2,1-2H3,(H2,17,18,20). The average Bonchev–Trinajstić information content (AvgIpc) is 2.84. The molecule has 4 nitrogen and oxygen atoms in total. The van der Waals surface area contributed by atoms with Gasteiger partial charge in [-0.3, -0.25) is 0 Å². The lowest BCUT2D eigenvalue weighted by atomic mass is 9.87. The normalized spacial score (nSPS) is 23.6. The molecule has 118 valence electrons. The lowest BCUT2D eigenvalue weighted by Crippen LogP contribution is -2.47. The predicted molar refractivity (Wildman–Crippen MR) is 86.7 cm³/mol. The summed E-state index contributed by atoms with van der Waals surface area (Å²) in [6.45, 7) is 4.41. The highest BCUT2D eigenvalue weighted by molar-refractivity contribution is 7.11. The number of rotatable bonds is 5. The van der Waals surface area contributed by atoms with E-state index in [9.17, 15) is 4.79 Å². The summed E-state index contributed by atoms with van der Waals surface area (Å²) < 4.78 is 0. The van der Waals surface area contributed by atoms with Crippen LogP contribution in [0, 0.1) is 12.8 Å². The number of urea groups is 1. The second-order valence-corrected chi connectivity index (χ2v) is 7.51. The van der Waals surface area contributed by atoms with Crippen molar-refractivity contribution in [1.82, 2.24) is 10.6 Å². The van der Waals surface area contributed by atoms with Crippen LogP contribution in [0.15, 0.2) is 12.1 Å². The summed E-state index contributed by atoms with van der Waals surface area (Å²) >= 11 is 1.79. The lowest BCUT2D eigenvalue weighted by Gasteiger charge is -2.28. The molecule has 0 aliphatic heterocycles. The fourth-order valence-corrected chi connectivity index (χ4v) is 3.91. The highest BCUT2D eigenvalue weighted by Crippen LogP contribution is 2.23. The van der Waals surface area contributed by atoms with E-state index in [1.807, 2.05) is 6.92 Å². The Morgan fingerprint density at radius 3 is 2.67 bits per heavy atom. The molecule has 1 heterocycles. The number of thiophene rings is 1. The maximum Gasteiger partial charge on any atom is 0.315 e. The maximum absolute atomic E-state index is 12.0. The summed E-state index contributed by atoms with van der Waals surface area (Å²) in [6.07, 6.45) is 4.83. The minimum atomic E-state index is -0.0665. The van der Waals surface area contributed by atoms with Crippen LogP contribution in [0.3, 0.4) is 0 Å². The van der Waals surface area contributed by atoms with Gasteiger partial charge < -0.3 is 15.7 Å². The SMILES string of the molecule is Cc1ccc(CC(C)NC(=O)NC2CCC(CO)CC2)s1. The predicted octanol–water partition coefficient (Wildman–Crippen LogP) is 2.84. The van der Waals surface area contributed by atoms with Crippen molar-refractivity contribution in [3.8, 4) is 0 Å². The first-order chi connectivity index (χ1) is 10.1. The monoisotopic (exact) mass is 310 g/mol. The van der Waals surface area contributed by atoms with Gasteiger partial charge in [-0.2, -0.15) is 0 Å². The molecule has 0 radical (unpaired) electrons. The van der Waals surface area contributed by atoms with Crippen LogP contribution >= 0.6 is 11.3 Å². The Labute approximate surface area is 131 Å². The van der Waals surface area contributed by atoms with E-state index < -0.39 is 0 Å². The zero-order valence-corrected chi connectivity index (χ0v) is 13.7. The number of aliphatic hydroxyl groups is 1.